The van der Waals surface area contributed by atoms with Crippen molar-refractivity contribution in [1.29, 1.82) is 0 Å². The molecule has 0 aromatic carbocycles. The minimum atomic E-state index is 0.133. The molecule has 0 aliphatic carbocycles. The average molecular weight is 260 g/mol. The lowest BCUT2D eigenvalue weighted by atomic mass is 10.4. The molecule has 0 bridgehead atoms. The zero-order valence-electron chi connectivity index (χ0n) is 9.36. The first-order chi connectivity index (χ1) is 8.74. The molecule has 90 valence electrons. The van der Waals surface area contributed by atoms with E-state index >= 15 is 0 Å². The lowest BCUT2D eigenvalue weighted by Crippen LogP contribution is -1.90. The summed E-state index contributed by atoms with van der Waals surface area (Å²) in [4.78, 5) is 13.0. The normalized spacial score (nSPS) is 10.7. The van der Waals surface area contributed by atoms with Crippen LogP contribution in [0.25, 0.3) is 22.3 Å². The Morgan fingerprint density at radius 2 is 2.17 bits per heavy atom. The summed E-state index contributed by atoms with van der Waals surface area (Å²) in [6.45, 7) is 1.79. The van der Waals surface area contributed by atoms with Gasteiger partial charge in [-0.3, -0.25) is 0 Å². The molecular formula is C11H8N4O2S. The van der Waals surface area contributed by atoms with Crippen molar-refractivity contribution in [3.05, 3.63) is 29.5 Å². The minimum Gasteiger partial charge on any atom is -0.506 e. The topological polar surface area (TPSA) is 84.9 Å². The third-order valence-electron chi connectivity index (χ3n) is 2.27. The van der Waals surface area contributed by atoms with Crippen LogP contribution in [0.5, 0.6) is 5.75 Å². The third kappa shape index (κ3) is 1.84. The molecule has 0 saturated heterocycles. The first-order valence-corrected chi connectivity index (χ1v) is 6.02. The first-order valence-electron chi connectivity index (χ1n) is 5.14. The molecule has 0 amide bonds. The van der Waals surface area contributed by atoms with Gasteiger partial charge < -0.3 is 9.63 Å². The maximum Gasteiger partial charge on any atom is 0.272 e. The molecule has 0 radical (unpaired) electrons. The van der Waals surface area contributed by atoms with Crippen LogP contribution in [0, 0.1) is 6.92 Å². The molecule has 0 aliphatic rings. The molecule has 0 atom stereocenters. The van der Waals surface area contributed by atoms with Gasteiger partial charge in [-0.15, -0.1) is 11.3 Å². The predicted octanol–water partition coefficient (Wildman–Crippen LogP) is 2.27. The highest BCUT2D eigenvalue weighted by molar-refractivity contribution is 7.13. The van der Waals surface area contributed by atoms with Gasteiger partial charge in [0, 0.05) is 6.20 Å². The Labute approximate surface area is 106 Å². The SMILES string of the molecule is Cc1nccc(-c2noc(-c3sccc3O)n2)n1. The number of aromatic hydroxyl groups is 1. The molecule has 0 unspecified atom stereocenters. The summed E-state index contributed by atoms with van der Waals surface area (Å²) in [7, 11) is 0. The van der Waals surface area contributed by atoms with Gasteiger partial charge in [0.1, 0.15) is 22.1 Å². The fraction of sp³-hybridized carbons (Fsp3) is 0.0909. The summed E-state index contributed by atoms with van der Waals surface area (Å²) in [6.07, 6.45) is 1.64. The molecule has 3 aromatic rings. The van der Waals surface area contributed by atoms with E-state index in [4.69, 9.17) is 4.52 Å². The quantitative estimate of drug-likeness (QED) is 0.760. The standard InChI is InChI=1S/C11H8N4O2S/c1-6-12-4-2-7(13-6)10-14-11(17-15-10)9-8(16)3-5-18-9/h2-5,16H,1H3. The molecular weight excluding hydrogens is 252 g/mol. The van der Waals surface area contributed by atoms with Crippen molar-refractivity contribution in [3.8, 4) is 28.0 Å². The van der Waals surface area contributed by atoms with Crippen molar-refractivity contribution in [3.63, 3.8) is 0 Å². The number of thiophene rings is 1. The Morgan fingerprint density at radius 3 is 2.89 bits per heavy atom. The molecule has 3 rings (SSSR count). The molecule has 3 heterocycles. The van der Waals surface area contributed by atoms with Crippen molar-refractivity contribution in [1.82, 2.24) is 20.1 Å². The number of aromatic nitrogens is 4. The second kappa shape index (κ2) is 4.19. The van der Waals surface area contributed by atoms with Crippen LogP contribution in [-0.4, -0.2) is 25.2 Å². The second-order valence-electron chi connectivity index (χ2n) is 3.55. The first kappa shape index (κ1) is 10.8. The monoisotopic (exact) mass is 260 g/mol. The molecule has 3 aromatic heterocycles. The number of rotatable bonds is 2. The van der Waals surface area contributed by atoms with Gasteiger partial charge in [0.15, 0.2) is 0 Å². The highest BCUT2D eigenvalue weighted by Gasteiger charge is 2.15. The lowest BCUT2D eigenvalue weighted by molar-refractivity contribution is 0.427. The fourth-order valence-corrected chi connectivity index (χ4v) is 2.17. The number of nitrogens with zero attached hydrogens (tertiary/aromatic N) is 4. The minimum absolute atomic E-state index is 0.133. The van der Waals surface area contributed by atoms with E-state index in [2.05, 4.69) is 20.1 Å². The van der Waals surface area contributed by atoms with Crippen molar-refractivity contribution < 1.29 is 9.63 Å². The van der Waals surface area contributed by atoms with Crippen molar-refractivity contribution in [2.24, 2.45) is 0 Å². The molecule has 0 fully saturated rings. The summed E-state index contributed by atoms with van der Waals surface area (Å²) in [5, 5.41) is 15.2. The maximum absolute atomic E-state index is 9.58. The molecule has 0 saturated carbocycles. The molecule has 0 aliphatic heterocycles. The van der Waals surface area contributed by atoms with Crippen molar-refractivity contribution >= 4 is 11.3 Å². The smallest absolute Gasteiger partial charge is 0.272 e. The summed E-state index contributed by atoms with van der Waals surface area (Å²) < 4.78 is 5.11. The van der Waals surface area contributed by atoms with E-state index < -0.39 is 0 Å². The van der Waals surface area contributed by atoms with Crippen LogP contribution in [0.3, 0.4) is 0 Å². The third-order valence-corrected chi connectivity index (χ3v) is 3.16. The fourth-order valence-electron chi connectivity index (χ4n) is 1.46. The summed E-state index contributed by atoms with van der Waals surface area (Å²) in [5.41, 5.74) is 0.591. The zero-order chi connectivity index (χ0) is 12.5. The van der Waals surface area contributed by atoms with Gasteiger partial charge in [-0.1, -0.05) is 5.16 Å². The maximum atomic E-state index is 9.58. The van der Waals surface area contributed by atoms with Crippen molar-refractivity contribution in [2.45, 2.75) is 6.92 Å². The largest absolute Gasteiger partial charge is 0.506 e. The van der Waals surface area contributed by atoms with Gasteiger partial charge >= 0.3 is 0 Å². The van der Waals surface area contributed by atoms with E-state index in [1.807, 2.05) is 0 Å². The highest BCUT2D eigenvalue weighted by Crippen LogP contribution is 2.33. The van der Waals surface area contributed by atoms with Gasteiger partial charge in [-0.05, 0) is 24.4 Å². The summed E-state index contributed by atoms with van der Waals surface area (Å²) >= 11 is 1.34. The molecule has 0 spiro atoms. The molecule has 18 heavy (non-hydrogen) atoms. The van der Waals surface area contributed by atoms with E-state index in [-0.39, 0.29) is 11.6 Å². The number of aryl methyl sites for hydroxylation is 1. The van der Waals surface area contributed by atoms with Gasteiger partial charge in [0.05, 0.1) is 0 Å². The van der Waals surface area contributed by atoms with Crippen LogP contribution < -0.4 is 0 Å². The molecule has 1 N–H and O–H groups in total. The Balaban J connectivity index is 2.02. The Morgan fingerprint density at radius 1 is 1.28 bits per heavy atom. The lowest BCUT2D eigenvalue weighted by Gasteiger charge is -1.93. The average Bonchev–Trinajstić information content (AvgIpc) is 2.97. The van der Waals surface area contributed by atoms with Crippen molar-refractivity contribution in [2.75, 3.05) is 0 Å². The summed E-state index contributed by atoms with van der Waals surface area (Å²) in [6, 6.07) is 3.29. The van der Waals surface area contributed by atoms with E-state index in [0.29, 0.717) is 22.2 Å². The Kier molecular flexibility index (Phi) is 2.52. The van der Waals surface area contributed by atoms with E-state index in [9.17, 15) is 5.11 Å². The Hall–Kier alpha value is -2.28. The van der Waals surface area contributed by atoms with Crippen LogP contribution >= 0.6 is 11.3 Å². The van der Waals surface area contributed by atoms with Crippen LogP contribution in [0.4, 0.5) is 0 Å². The Bertz CT molecular complexity index is 692. The van der Waals surface area contributed by atoms with Crippen LogP contribution in [-0.2, 0) is 0 Å². The van der Waals surface area contributed by atoms with Crippen LogP contribution in [0.1, 0.15) is 5.82 Å². The predicted molar refractivity (Wildman–Crippen MR) is 65.0 cm³/mol. The van der Waals surface area contributed by atoms with E-state index in [1.165, 1.54) is 11.3 Å². The van der Waals surface area contributed by atoms with Crippen LogP contribution in [0.15, 0.2) is 28.2 Å². The van der Waals surface area contributed by atoms with Gasteiger partial charge in [0.2, 0.25) is 5.82 Å². The van der Waals surface area contributed by atoms with Crippen LogP contribution in [0.2, 0.25) is 0 Å². The highest BCUT2D eigenvalue weighted by atomic mass is 32.1. The molecule has 7 heteroatoms. The van der Waals surface area contributed by atoms with E-state index in [1.54, 1.807) is 30.6 Å². The number of hydrogen-bond donors (Lipinski definition) is 1. The molecule has 6 nitrogen and oxygen atoms in total. The number of hydrogen-bond acceptors (Lipinski definition) is 7. The van der Waals surface area contributed by atoms with Gasteiger partial charge in [-0.25, -0.2) is 9.97 Å². The van der Waals surface area contributed by atoms with E-state index in [0.717, 1.165) is 0 Å². The van der Waals surface area contributed by atoms with Gasteiger partial charge in [0.25, 0.3) is 5.89 Å². The van der Waals surface area contributed by atoms with Gasteiger partial charge in [-0.2, -0.15) is 4.98 Å². The zero-order valence-corrected chi connectivity index (χ0v) is 10.2. The second-order valence-corrected chi connectivity index (χ2v) is 4.46. The summed E-state index contributed by atoms with van der Waals surface area (Å²) in [5.74, 6) is 1.43.